The number of fused-ring (bicyclic) bond motifs is 1. The van der Waals surface area contributed by atoms with Gasteiger partial charge in [-0.2, -0.15) is 5.26 Å². The van der Waals surface area contributed by atoms with Crippen molar-refractivity contribution < 1.29 is 4.42 Å². The number of benzene rings is 1. The molecule has 6 heteroatoms. The third-order valence-electron chi connectivity index (χ3n) is 3.44. The molecule has 1 aromatic carbocycles. The predicted octanol–water partition coefficient (Wildman–Crippen LogP) is 3.60. The van der Waals surface area contributed by atoms with Gasteiger partial charge in [0.25, 0.3) is 0 Å². The minimum absolute atomic E-state index is 0.391. The Kier molecular flexibility index (Phi) is 3.03. The number of hydrogen-bond donors (Lipinski definition) is 1. The fourth-order valence-electron chi connectivity index (χ4n) is 2.40. The van der Waals surface area contributed by atoms with E-state index in [1.807, 2.05) is 36.4 Å². The van der Waals surface area contributed by atoms with Gasteiger partial charge in [0.15, 0.2) is 17.2 Å². The van der Waals surface area contributed by atoms with Crippen molar-refractivity contribution in [1.82, 2.24) is 14.6 Å². The summed E-state index contributed by atoms with van der Waals surface area (Å²) in [5.41, 5.74) is 2.46. The number of nitriles is 1. The van der Waals surface area contributed by atoms with E-state index in [0.717, 1.165) is 11.4 Å². The highest BCUT2D eigenvalue weighted by atomic mass is 16.3. The van der Waals surface area contributed by atoms with E-state index in [4.69, 9.17) is 4.42 Å². The molecule has 0 saturated carbocycles. The molecule has 4 aromatic rings. The van der Waals surface area contributed by atoms with Gasteiger partial charge in [-0.3, -0.25) is 0 Å². The summed E-state index contributed by atoms with van der Waals surface area (Å²) >= 11 is 0. The smallest absolute Gasteiger partial charge is 0.176 e. The standard InChI is InChI=1S/C17H11N5O/c18-11-13-16(20-12-5-2-1-3-6-12)21-22-14(8-9-19-17(13)22)15-7-4-10-23-15/h1-10H,(H,20,21). The van der Waals surface area contributed by atoms with Gasteiger partial charge >= 0.3 is 0 Å². The number of nitrogens with zero attached hydrogens (tertiary/aromatic N) is 4. The average Bonchev–Trinajstić information content (AvgIpc) is 3.22. The molecule has 0 spiro atoms. The van der Waals surface area contributed by atoms with E-state index in [1.165, 1.54) is 0 Å². The van der Waals surface area contributed by atoms with Gasteiger partial charge in [-0.25, -0.2) is 9.50 Å². The number of furan rings is 1. The van der Waals surface area contributed by atoms with Gasteiger partial charge in [-0.15, -0.1) is 5.10 Å². The Morgan fingerprint density at radius 1 is 1.09 bits per heavy atom. The molecule has 0 fully saturated rings. The van der Waals surface area contributed by atoms with Crippen LogP contribution in [0.5, 0.6) is 0 Å². The highest BCUT2D eigenvalue weighted by molar-refractivity contribution is 5.74. The Bertz CT molecular complexity index is 997. The molecule has 3 heterocycles. The van der Waals surface area contributed by atoms with Gasteiger partial charge in [0.2, 0.25) is 0 Å². The summed E-state index contributed by atoms with van der Waals surface area (Å²) in [5, 5.41) is 17.2. The maximum atomic E-state index is 9.50. The molecule has 1 N–H and O–H groups in total. The van der Waals surface area contributed by atoms with Crippen molar-refractivity contribution in [2.24, 2.45) is 0 Å². The zero-order valence-electron chi connectivity index (χ0n) is 12.0. The molecular formula is C17H11N5O. The zero-order valence-corrected chi connectivity index (χ0v) is 12.0. The second kappa shape index (κ2) is 5.31. The predicted molar refractivity (Wildman–Crippen MR) is 85.1 cm³/mol. The Balaban J connectivity index is 1.89. The normalized spacial score (nSPS) is 10.6. The maximum absolute atomic E-state index is 9.50. The van der Waals surface area contributed by atoms with Gasteiger partial charge in [0, 0.05) is 11.9 Å². The average molecular weight is 301 g/mol. The molecule has 0 bridgehead atoms. The number of hydrogen-bond acceptors (Lipinski definition) is 5. The van der Waals surface area contributed by atoms with Crippen LogP contribution in [0.1, 0.15) is 5.56 Å². The van der Waals surface area contributed by atoms with Crippen LogP contribution in [0.4, 0.5) is 11.5 Å². The molecular weight excluding hydrogens is 290 g/mol. The van der Waals surface area contributed by atoms with E-state index in [9.17, 15) is 5.26 Å². The van der Waals surface area contributed by atoms with Crippen molar-refractivity contribution in [2.45, 2.75) is 0 Å². The first-order valence-corrected chi connectivity index (χ1v) is 7.00. The summed E-state index contributed by atoms with van der Waals surface area (Å²) < 4.78 is 7.05. The summed E-state index contributed by atoms with van der Waals surface area (Å²) in [6, 6.07) is 17.2. The molecule has 0 aliphatic rings. The van der Waals surface area contributed by atoms with Crippen molar-refractivity contribution in [3.8, 4) is 17.5 Å². The van der Waals surface area contributed by atoms with Gasteiger partial charge in [0.05, 0.1) is 6.26 Å². The highest BCUT2D eigenvalue weighted by Gasteiger charge is 2.17. The summed E-state index contributed by atoms with van der Waals surface area (Å²) in [6.45, 7) is 0. The molecule has 0 unspecified atom stereocenters. The lowest BCUT2D eigenvalue weighted by atomic mass is 10.3. The second-order valence-corrected chi connectivity index (χ2v) is 4.87. The molecule has 3 aromatic heterocycles. The third-order valence-corrected chi connectivity index (χ3v) is 3.44. The van der Waals surface area contributed by atoms with E-state index >= 15 is 0 Å². The topological polar surface area (TPSA) is 79.2 Å². The monoisotopic (exact) mass is 301 g/mol. The third kappa shape index (κ3) is 2.21. The molecule has 0 aliphatic carbocycles. The lowest BCUT2D eigenvalue weighted by Crippen LogP contribution is -1.96. The van der Waals surface area contributed by atoms with E-state index in [1.54, 1.807) is 29.1 Å². The number of rotatable bonds is 3. The molecule has 0 radical (unpaired) electrons. The molecule has 110 valence electrons. The van der Waals surface area contributed by atoms with Crippen LogP contribution in [0.15, 0.2) is 65.4 Å². The highest BCUT2D eigenvalue weighted by Crippen LogP contribution is 2.26. The second-order valence-electron chi connectivity index (χ2n) is 4.87. The Morgan fingerprint density at radius 3 is 2.70 bits per heavy atom. The van der Waals surface area contributed by atoms with E-state index in [-0.39, 0.29) is 0 Å². The van der Waals surface area contributed by atoms with Crippen LogP contribution in [0.2, 0.25) is 0 Å². The summed E-state index contributed by atoms with van der Waals surface area (Å²) in [4.78, 5) is 4.28. The SMILES string of the molecule is N#Cc1c(Nc2ccccc2)nn2c(-c3ccco3)ccnc12. The number of para-hydroxylation sites is 1. The van der Waals surface area contributed by atoms with E-state index in [2.05, 4.69) is 21.5 Å². The van der Waals surface area contributed by atoms with E-state index in [0.29, 0.717) is 22.8 Å². The van der Waals surface area contributed by atoms with Gasteiger partial charge in [-0.05, 0) is 30.3 Å². The van der Waals surface area contributed by atoms with E-state index < -0.39 is 0 Å². The fraction of sp³-hybridized carbons (Fsp3) is 0. The molecule has 0 saturated heterocycles. The Labute approximate surface area is 131 Å². The van der Waals surface area contributed by atoms with Crippen LogP contribution in [0.25, 0.3) is 17.1 Å². The largest absolute Gasteiger partial charge is 0.463 e. The van der Waals surface area contributed by atoms with Crippen molar-refractivity contribution in [2.75, 3.05) is 5.32 Å². The molecule has 4 rings (SSSR count). The minimum Gasteiger partial charge on any atom is -0.463 e. The van der Waals surface area contributed by atoms with Crippen molar-refractivity contribution in [1.29, 1.82) is 5.26 Å². The molecule has 0 aliphatic heterocycles. The van der Waals surface area contributed by atoms with Crippen LogP contribution >= 0.6 is 0 Å². The number of anilines is 2. The first-order valence-electron chi connectivity index (χ1n) is 7.00. The number of aromatic nitrogens is 3. The lowest BCUT2D eigenvalue weighted by Gasteiger charge is -2.01. The van der Waals surface area contributed by atoms with Crippen LogP contribution in [0.3, 0.4) is 0 Å². The van der Waals surface area contributed by atoms with Crippen LogP contribution in [-0.4, -0.2) is 14.6 Å². The fourth-order valence-corrected chi connectivity index (χ4v) is 2.40. The minimum atomic E-state index is 0.391. The first-order chi connectivity index (χ1) is 11.4. The van der Waals surface area contributed by atoms with Crippen molar-refractivity contribution >= 4 is 17.2 Å². The van der Waals surface area contributed by atoms with Crippen LogP contribution in [-0.2, 0) is 0 Å². The molecule has 0 amide bonds. The van der Waals surface area contributed by atoms with Gasteiger partial charge in [0.1, 0.15) is 17.3 Å². The van der Waals surface area contributed by atoms with Crippen molar-refractivity contribution in [3.63, 3.8) is 0 Å². The Hall–Kier alpha value is -3.59. The first kappa shape index (κ1) is 13.1. The molecule has 0 atom stereocenters. The lowest BCUT2D eigenvalue weighted by molar-refractivity contribution is 0.577. The molecule has 6 nitrogen and oxygen atoms in total. The quantitative estimate of drug-likeness (QED) is 0.625. The molecule has 23 heavy (non-hydrogen) atoms. The summed E-state index contributed by atoms with van der Waals surface area (Å²) in [7, 11) is 0. The maximum Gasteiger partial charge on any atom is 0.176 e. The van der Waals surface area contributed by atoms with Crippen LogP contribution < -0.4 is 5.32 Å². The Morgan fingerprint density at radius 2 is 1.96 bits per heavy atom. The number of nitrogens with one attached hydrogen (secondary N) is 1. The van der Waals surface area contributed by atoms with Gasteiger partial charge < -0.3 is 9.73 Å². The zero-order chi connectivity index (χ0) is 15.6. The van der Waals surface area contributed by atoms with Gasteiger partial charge in [-0.1, -0.05) is 18.2 Å². The van der Waals surface area contributed by atoms with Crippen LogP contribution in [0, 0.1) is 11.3 Å². The van der Waals surface area contributed by atoms with Crippen molar-refractivity contribution in [3.05, 3.63) is 66.6 Å². The summed E-state index contributed by atoms with van der Waals surface area (Å²) in [6.07, 6.45) is 3.24. The summed E-state index contributed by atoms with van der Waals surface area (Å²) in [5.74, 6) is 1.13.